The maximum atomic E-state index is 12.7. The fourth-order valence-electron chi connectivity index (χ4n) is 6.04. The van der Waals surface area contributed by atoms with Gasteiger partial charge in [0.2, 0.25) is 0 Å². The average molecular weight is 722 g/mol. The van der Waals surface area contributed by atoms with Crippen LogP contribution in [0.4, 0.5) is 0 Å². The number of hydrogen-bond donors (Lipinski definition) is 0. The predicted octanol–water partition coefficient (Wildman–Crippen LogP) is 9.58. The van der Waals surface area contributed by atoms with Gasteiger partial charge in [-0.05, 0) is 44.9 Å². The summed E-state index contributed by atoms with van der Waals surface area (Å²) in [4.78, 5) is 36.7. The second-order valence-electron chi connectivity index (χ2n) is 15.2. The van der Waals surface area contributed by atoms with E-state index in [1.807, 2.05) is 0 Å². The van der Waals surface area contributed by atoms with Gasteiger partial charge in [0.25, 0.3) is 0 Å². The van der Waals surface area contributed by atoms with E-state index < -0.39 is 18.1 Å². The largest absolute Gasteiger partial charge is 0.544 e. The number of nitrogens with zero attached hydrogens (tertiary/aromatic N) is 1. The molecule has 0 aliphatic carbocycles. The zero-order chi connectivity index (χ0) is 37.8. The van der Waals surface area contributed by atoms with Crippen molar-refractivity contribution in [3.8, 4) is 0 Å². The molecule has 0 saturated carbocycles. The van der Waals surface area contributed by atoms with Gasteiger partial charge in [-0.15, -0.1) is 0 Å². The summed E-state index contributed by atoms with van der Waals surface area (Å²) in [5.74, 6) is -1.74. The molecule has 0 spiro atoms. The number of esters is 2. The first-order valence-corrected chi connectivity index (χ1v) is 20.9. The quantitative estimate of drug-likeness (QED) is 0.0273. The van der Waals surface area contributed by atoms with E-state index in [1.54, 1.807) is 21.1 Å². The van der Waals surface area contributed by atoms with Gasteiger partial charge in [0.15, 0.2) is 6.10 Å². The lowest BCUT2D eigenvalue weighted by Gasteiger charge is -2.34. The summed E-state index contributed by atoms with van der Waals surface area (Å²) in [5, 5.41) is 11.6. The third kappa shape index (κ3) is 33.4. The van der Waals surface area contributed by atoms with Crippen LogP contribution >= 0.6 is 0 Å². The number of allylic oxidation sites excluding steroid dienone is 4. The summed E-state index contributed by atoms with van der Waals surface area (Å²) in [6, 6.07) is -0.723. The minimum atomic E-state index is -1.13. The van der Waals surface area contributed by atoms with Crippen molar-refractivity contribution in [2.24, 2.45) is 0 Å². The molecule has 0 aromatic rings. The second kappa shape index (κ2) is 34.9. The van der Waals surface area contributed by atoms with E-state index in [4.69, 9.17) is 14.2 Å². The highest BCUT2D eigenvalue weighted by atomic mass is 16.6. The molecule has 0 aliphatic heterocycles. The van der Waals surface area contributed by atoms with Gasteiger partial charge >= 0.3 is 11.9 Å². The topological polar surface area (TPSA) is 102 Å². The fraction of sp³-hybridized carbons (Fsp3) is 0.837. The number of rotatable bonds is 37. The van der Waals surface area contributed by atoms with Crippen LogP contribution in [0.3, 0.4) is 0 Å². The number of likely N-dealkylation sites (N-methyl/N-ethyl adjacent to an activating group) is 1. The number of quaternary nitrogens is 1. The molecular formula is C43H79NO7. The van der Waals surface area contributed by atoms with Crippen LogP contribution in [0.15, 0.2) is 24.3 Å². The van der Waals surface area contributed by atoms with Gasteiger partial charge in [0, 0.05) is 19.3 Å². The van der Waals surface area contributed by atoms with Crippen LogP contribution in [0, 0.1) is 0 Å². The number of carbonyl (C=O) groups is 3. The van der Waals surface area contributed by atoms with Crippen molar-refractivity contribution in [3.63, 3.8) is 0 Å². The first-order chi connectivity index (χ1) is 24.6. The molecule has 0 aromatic carbocycles. The molecule has 0 aliphatic rings. The third-order valence-electron chi connectivity index (χ3n) is 9.34. The Bertz CT molecular complexity index is 895. The Morgan fingerprint density at radius 2 is 1.04 bits per heavy atom. The number of ether oxygens (including phenoxy) is 3. The summed E-state index contributed by atoms with van der Waals surface area (Å²) >= 11 is 0. The number of unbranched alkanes of at least 4 members (excludes halogenated alkanes) is 19. The molecule has 0 fully saturated rings. The summed E-state index contributed by atoms with van der Waals surface area (Å²) in [6.45, 7) is 4.62. The minimum absolute atomic E-state index is 0.0408. The van der Waals surface area contributed by atoms with E-state index in [0.29, 0.717) is 12.8 Å². The molecule has 0 bridgehead atoms. The van der Waals surface area contributed by atoms with E-state index in [0.717, 1.165) is 51.4 Å². The molecule has 8 nitrogen and oxygen atoms in total. The van der Waals surface area contributed by atoms with E-state index in [-0.39, 0.29) is 42.7 Å². The Balaban J connectivity index is 4.36. The molecular weight excluding hydrogens is 642 g/mol. The van der Waals surface area contributed by atoms with Crippen molar-refractivity contribution in [2.75, 3.05) is 41.0 Å². The smallest absolute Gasteiger partial charge is 0.306 e. The highest BCUT2D eigenvalue weighted by Crippen LogP contribution is 2.14. The molecule has 0 N–H and O–H groups in total. The van der Waals surface area contributed by atoms with Gasteiger partial charge in [0.05, 0.1) is 40.3 Å². The van der Waals surface area contributed by atoms with E-state index in [1.165, 1.54) is 96.3 Å². The first-order valence-electron chi connectivity index (χ1n) is 20.9. The zero-order valence-corrected chi connectivity index (χ0v) is 33.8. The van der Waals surface area contributed by atoms with Crippen LogP contribution in [0.1, 0.15) is 181 Å². The number of aliphatic carboxylic acids is 1. The standard InChI is InChI=1S/C43H79NO7/c1-6-8-10-12-14-16-18-19-20-21-22-23-24-26-28-30-32-34-42(46)51-39(37-49-36-35-40(43(47)48)44(3,4)5)38-50-41(45)33-31-29-27-25-17-15-13-11-9-7-2/h14,16,19-20,39-40H,6-13,15,17-18,21-38H2,1-5H3/b16-14+,20-19+. The molecule has 0 rings (SSSR count). The monoisotopic (exact) mass is 722 g/mol. The van der Waals surface area contributed by atoms with Crippen molar-refractivity contribution in [3.05, 3.63) is 24.3 Å². The Kier molecular flexibility index (Phi) is 33.4. The molecule has 0 amide bonds. The molecule has 2 atom stereocenters. The third-order valence-corrected chi connectivity index (χ3v) is 9.34. The summed E-state index contributed by atoms with van der Waals surface area (Å²) in [5.41, 5.74) is 0. The van der Waals surface area contributed by atoms with Gasteiger partial charge in [-0.1, -0.05) is 141 Å². The Hall–Kier alpha value is -2.19. The highest BCUT2D eigenvalue weighted by Gasteiger charge is 2.25. The van der Waals surface area contributed by atoms with Crippen molar-refractivity contribution in [1.29, 1.82) is 0 Å². The number of carboxylic acid groups (broad SMARTS) is 1. The number of carboxylic acids is 1. The number of hydrogen-bond acceptors (Lipinski definition) is 7. The molecule has 0 radical (unpaired) electrons. The van der Waals surface area contributed by atoms with Crippen LogP contribution < -0.4 is 5.11 Å². The van der Waals surface area contributed by atoms with E-state index in [9.17, 15) is 19.5 Å². The zero-order valence-electron chi connectivity index (χ0n) is 33.8. The maximum absolute atomic E-state index is 12.7. The van der Waals surface area contributed by atoms with Crippen LogP contribution in [-0.4, -0.2) is 75.5 Å². The lowest BCUT2D eigenvalue weighted by atomic mass is 10.1. The summed E-state index contributed by atoms with van der Waals surface area (Å²) in [6.07, 6.45) is 36.2. The van der Waals surface area contributed by atoms with Gasteiger partial charge in [-0.25, -0.2) is 0 Å². The molecule has 0 saturated heterocycles. The second-order valence-corrected chi connectivity index (χ2v) is 15.2. The molecule has 298 valence electrons. The van der Waals surface area contributed by atoms with Crippen molar-refractivity contribution >= 4 is 17.9 Å². The maximum Gasteiger partial charge on any atom is 0.306 e. The molecule has 0 heterocycles. The van der Waals surface area contributed by atoms with Crippen LogP contribution in [-0.2, 0) is 28.6 Å². The van der Waals surface area contributed by atoms with Gasteiger partial charge in [-0.3, -0.25) is 9.59 Å². The summed E-state index contributed by atoms with van der Waals surface area (Å²) < 4.78 is 17.1. The Morgan fingerprint density at radius 1 is 0.588 bits per heavy atom. The highest BCUT2D eigenvalue weighted by molar-refractivity contribution is 5.70. The van der Waals surface area contributed by atoms with Crippen molar-refractivity contribution in [1.82, 2.24) is 0 Å². The Labute approximate surface area is 313 Å². The lowest BCUT2D eigenvalue weighted by molar-refractivity contribution is -0.889. The van der Waals surface area contributed by atoms with Gasteiger partial charge in [0.1, 0.15) is 12.6 Å². The van der Waals surface area contributed by atoms with Gasteiger partial charge in [-0.2, -0.15) is 0 Å². The Morgan fingerprint density at radius 3 is 1.55 bits per heavy atom. The minimum Gasteiger partial charge on any atom is -0.544 e. The van der Waals surface area contributed by atoms with Crippen molar-refractivity contribution in [2.45, 2.75) is 193 Å². The molecule has 0 aromatic heterocycles. The van der Waals surface area contributed by atoms with Crippen LogP contribution in [0.2, 0.25) is 0 Å². The normalized spacial score (nSPS) is 13.2. The SMILES string of the molecule is CCCCC/C=C/C/C=C/CCCCCCCCCC(=O)OC(COCCC(C(=O)[O-])[N+](C)(C)C)COC(=O)CCCCCCCCCCCC. The van der Waals surface area contributed by atoms with Crippen LogP contribution in [0.5, 0.6) is 0 Å². The van der Waals surface area contributed by atoms with E-state index >= 15 is 0 Å². The molecule has 8 heteroatoms. The molecule has 2 unspecified atom stereocenters. The average Bonchev–Trinajstić information content (AvgIpc) is 3.08. The summed E-state index contributed by atoms with van der Waals surface area (Å²) in [7, 11) is 5.40. The van der Waals surface area contributed by atoms with Gasteiger partial charge < -0.3 is 28.6 Å². The van der Waals surface area contributed by atoms with Crippen molar-refractivity contribution < 1.29 is 38.2 Å². The lowest BCUT2D eigenvalue weighted by Crippen LogP contribution is -2.55. The van der Waals surface area contributed by atoms with Crippen LogP contribution in [0.25, 0.3) is 0 Å². The number of carbonyl (C=O) groups excluding carboxylic acids is 3. The molecule has 51 heavy (non-hydrogen) atoms. The predicted molar refractivity (Wildman–Crippen MR) is 208 cm³/mol. The first kappa shape index (κ1) is 48.8. The van der Waals surface area contributed by atoms with E-state index in [2.05, 4.69) is 38.2 Å². The fourth-order valence-corrected chi connectivity index (χ4v) is 6.04.